The molecule has 4 atom stereocenters. The van der Waals surface area contributed by atoms with E-state index in [0.29, 0.717) is 5.13 Å². The van der Waals surface area contributed by atoms with E-state index in [1.54, 1.807) is 0 Å². The maximum atomic E-state index is 13.0. The molecule has 0 radical (unpaired) electrons. The highest BCUT2D eigenvalue weighted by Gasteiger charge is 2.60. The van der Waals surface area contributed by atoms with Crippen molar-refractivity contribution in [2.45, 2.75) is 26.1 Å². The van der Waals surface area contributed by atoms with Gasteiger partial charge < -0.3 is 0 Å². The number of rotatable bonds is 1. The van der Waals surface area contributed by atoms with Gasteiger partial charge in [0, 0.05) is 5.56 Å². The molecule has 1 saturated heterocycles. The second-order valence-corrected chi connectivity index (χ2v) is 14.4. The first-order valence-corrected chi connectivity index (χ1v) is 13.6. The van der Waals surface area contributed by atoms with Crippen LogP contribution in [0.4, 0.5) is 5.13 Å². The van der Waals surface area contributed by atoms with E-state index in [0.717, 1.165) is 22.2 Å². The van der Waals surface area contributed by atoms with Gasteiger partial charge in [-0.25, -0.2) is 9.88 Å². The molecule has 2 heterocycles. The minimum absolute atomic E-state index is 0.0698. The van der Waals surface area contributed by atoms with Gasteiger partial charge in [-0.05, 0) is 36.5 Å². The van der Waals surface area contributed by atoms with Gasteiger partial charge in [0.15, 0.2) is 5.13 Å². The third kappa shape index (κ3) is 2.60. The molecule has 6 heteroatoms. The van der Waals surface area contributed by atoms with E-state index in [1.165, 1.54) is 16.2 Å². The fourth-order valence-electron chi connectivity index (χ4n) is 4.44. The van der Waals surface area contributed by atoms with E-state index in [2.05, 4.69) is 48.2 Å². The number of hydrogen-bond donors (Lipinski definition) is 0. The minimum atomic E-state index is -1.44. The summed E-state index contributed by atoms with van der Waals surface area (Å²) < 4.78 is 0.964. The number of benzene rings is 1. The molecule has 27 heavy (non-hydrogen) atoms. The first-order valence-electron chi connectivity index (χ1n) is 9.32. The number of anilines is 1. The number of carbonyl (C=O) groups excluding carboxylic acids is 2. The number of aromatic nitrogens is 1. The van der Waals surface area contributed by atoms with Gasteiger partial charge in [0.2, 0.25) is 11.8 Å². The van der Waals surface area contributed by atoms with E-state index in [4.69, 9.17) is 0 Å². The van der Waals surface area contributed by atoms with Crippen LogP contribution in [0, 0.1) is 35.1 Å². The van der Waals surface area contributed by atoms with Crippen molar-refractivity contribution >= 4 is 46.6 Å². The lowest BCUT2D eigenvalue weighted by molar-refractivity contribution is -0.123. The molecule has 0 spiro atoms. The summed E-state index contributed by atoms with van der Waals surface area (Å²) in [5.41, 5.74) is 5.14. The summed E-state index contributed by atoms with van der Waals surface area (Å²) >= 11 is 1.41. The average Bonchev–Trinajstić information content (AvgIpc) is 3.34. The highest BCUT2D eigenvalue weighted by molar-refractivity contribution is 7.22. The molecule has 0 unspecified atom stereocenters. The zero-order valence-electron chi connectivity index (χ0n) is 15.5. The SMILES string of the molecule is C[Si](C)(C)C#Cc1ccc2nc(N3C(=O)[C@@H]4[C@H](C3=O)[C@@H]3C=C[C@H]4C3)sc2c1. The largest absolute Gasteiger partial charge is 0.274 e. The minimum Gasteiger partial charge on any atom is -0.274 e. The van der Waals surface area contributed by atoms with Gasteiger partial charge in [-0.3, -0.25) is 9.59 Å². The van der Waals surface area contributed by atoms with Crippen molar-refractivity contribution in [2.24, 2.45) is 23.7 Å². The molecule has 2 bridgehead atoms. The summed E-state index contributed by atoms with van der Waals surface area (Å²) in [6.45, 7) is 6.65. The molecule has 5 rings (SSSR count). The molecule has 1 aliphatic heterocycles. The van der Waals surface area contributed by atoms with Crippen LogP contribution < -0.4 is 4.90 Å². The fraction of sp³-hybridized carbons (Fsp3) is 0.381. The van der Waals surface area contributed by atoms with Crippen LogP contribution in [0.25, 0.3) is 10.2 Å². The molecule has 136 valence electrons. The summed E-state index contributed by atoms with van der Waals surface area (Å²) in [7, 11) is -1.44. The van der Waals surface area contributed by atoms with Crippen LogP contribution >= 0.6 is 11.3 Å². The van der Waals surface area contributed by atoms with Crippen molar-refractivity contribution in [3.8, 4) is 11.5 Å². The number of imide groups is 1. The maximum Gasteiger partial charge on any atom is 0.240 e. The Morgan fingerprint density at radius 3 is 2.41 bits per heavy atom. The molecule has 2 amide bonds. The smallest absolute Gasteiger partial charge is 0.240 e. The zero-order chi connectivity index (χ0) is 18.9. The van der Waals surface area contributed by atoms with Gasteiger partial charge >= 0.3 is 0 Å². The Balaban J connectivity index is 1.50. The van der Waals surface area contributed by atoms with Crippen LogP contribution in [0.15, 0.2) is 30.4 Å². The Morgan fingerprint density at radius 2 is 1.78 bits per heavy atom. The lowest BCUT2D eigenvalue weighted by Gasteiger charge is -2.14. The normalized spacial score (nSPS) is 28.8. The van der Waals surface area contributed by atoms with Crippen molar-refractivity contribution < 1.29 is 9.59 Å². The topological polar surface area (TPSA) is 50.3 Å². The molecule has 3 aliphatic rings. The van der Waals surface area contributed by atoms with Crippen molar-refractivity contribution in [3.63, 3.8) is 0 Å². The van der Waals surface area contributed by atoms with E-state index >= 15 is 0 Å². The number of carbonyl (C=O) groups is 2. The van der Waals surface area contributed by atoms with Crippen LogP contribution in [0.2, 0.25) is 19.6 Å². The molecule has 1 saturated carbocycles. The monoisotopic (exact) mass is 392 g/mol. The third-order valence-electron chi connectivity index (χ3n) is 5.62. The van der Waals surface area contributed by atoms with Gasteiger partial charge in [-0.1, -0.05) is 49.1 Å². The Kier molecular flexibility index (Phi) is 3.53. The summed E-state index contributed by atoms with van der Waals surface area (Å²) in [5.74, 6) is 3.20. The zero-order valence-corrected chi connectivity index (χ0v) is 17.3. The predicted molar refractivity (Wildman–Crippen MR) is 110 cm³/mol. The Labute approximate surface area is 163 Å². The number of fused-ring (bicyclic) bond motifs is 6. The van der Waals surface area contributed by atoms with Crippen LogP contribution in [0.5, 0.6) is 0 Å². The Hall–Kier alpha value is -2.23. The van der Waals surface area contributed by atoms with Crippen LogP contribution in [0.1, 0.15) is 12.0 Å². The molecule has 1 aromatic carbocycles. The first kappa shape index (κ1) is 16.9. The molecule has 1 aromatic heterocycles. The number of amides is 2. The molecule has 2 aromatic rings. The van der Waals surface area contributed by atoms with Gasteiger partial charge in [0.25, 0.3) is 0 Å². The van der Waals surface area contributed by atoms with E-state index < -0.39 is 8.07 Å². The summed E-state index contributed by atoms with van der Waals surface area (Å²) in [4.78, 5) is 31.9. The van der Waals surface area contributed by atoms with Crippen molar-refractivity contribution in [2.75, 3.05) is 4.90 Å². The quantitative estimate of drug-likeness (QED) is 0.321. The average molecular weight is 393 g/mol. The first-order chi connectivity index (χ1) is 12.8. The lowest BCUT2D eigenvalue weighted by Crippen LogP contribution is -2.32. The van der Waals surface area contributed by atoms with Gasteiger partial charge in [-0.15, -0.1) is 5.54 Å². The second-order valence-electron chi connectivity index (χ2n) is 8.69. The van der Waals surface area contributed by atoms with Crippen molar-refractivity contribution in [1.82, 2.24) is 4.98 Å². The molecule has 2 aliphatic carbocycles. The Morgan fingerprint density at radius 1 is 1.11 bits per heavy atom. The van der Waals surface area contributed by atoms with Crippen LogP contribution in [-0.2, 0) is 9.59 Å². The van der Waals surface area contributed by atoms with E-state index in [-0.39, 0.29) is 35.5 Å². The van der Waals surface area contributed by atoms with Crippen molar-refractivity contribution in [3.05, 3.63) is 35.9 Å². The predicted octanol–water partition coefficient (Wildman–Crippen LogP) is 3.84. The van der Waals surface area contributed by atoms with E-state index in [1.807, 2.05) is 18.2 Å². The Bertz CT molecular complexity index is 1060. The standard InChI is InChI=1S/C21H20N2O2SSi/c1-27(2,3)9-8-12-4-7-15-16(10-12)26-21(22-15)23-19(24)17-13-5-6-14(11-13)18(17)20(23)25/h4-7,10,13-14,17-18H,11H2,1-3H3/t13-,14+,17-,18+. The summed E-state index contributed by atoms with van der Waals surface area (Å²) in [6, 6.07) is 5.91. The van der Waals surface area contributed by atoms with Crippen LogP contribution in [-0.4, -0.2) is 24.9 Å². The summed E-state index contributed by atoms with van der Waals surface area (Å²) in [5, 5.41) is 0.504. The molecule has 0 N–H and O–H groups in total. The second kappa shape index (κ2) is 5.63. The van der Waals surface area contributed by atoms with Crippen LogP contribution in [0.3, 0.4) is 0 Å². The van der Waals surface area contributed by atoms with Gasteiger partial charge in [0.05, 0.1) is 22.1 Å². The molecular formula is C21H20N2O2SSi. The number of allylic oxidation sites excluding steroid dienone is 2. The third-order valence-corrected chi connectivity index (χ3v) is 7.50. The lowest BCUT2D eigenvalue weighted by atomic mass is 9.85. The molecule has 4 nitrogen and oxygen atoms in total. The highest BCUT2D eigenvalue weighted by atomic mass is 32.1. The number of thiazole rings is 1. The fourth-order valence-corrected chi connectivity index (χ4v) is 5.97. The number of hydrogen-bond acceptors (Lipinski definition) is 4. The van der Waals surface area contributed by atoms with Crippen molar-refractivity contribution in [1.29, 1.82) is 0 Å². The van der Waals surface area contributed by atoms with Gasteiger partial charge in [-0.2, -0.15) is 0 Å². The highest BCUT2D eigenvalue weighted by Crippen LogP contribution is 2.53. The molecule has 2 fully saturated rings. The van der Waals surface area contributed by atoms with Gasteiger partial charge in [0.1, 0.15) is 8.07 Å². The summed E-state index contributed by atoms with van der Waals surface area (Å²) in [6.07, 6.45) is 5.17. The maximum absolute atomic E-state index is 13.0. The molecular weight excluding hydrogens is 372 g/mol. The van der Waals surface area contributed by atoms with E-state index in [9.17, 15) is 9.59 Å². The number of nitrogens with zero attached hydrogens (tertiary/aromatic N) is 2.